The third-order valence-corrected chi connectivity index (χ3v) is 2.75. The fourth-order valence-corrected chi connectivity index (χ4v) is 1.64. The van der Waals surface area contributed by atoms with Gasteiger partial charge < -0.3 is 9.84 Å². The summed E-state index contributed by atoms with van der Waals surface area (Å²) in [6, 6.07) is 8.05. The average Bonchev–Trinajstić information content (AvgIpc) is 2.27. The summed E-state index contributed by atoms with van der Waals surface area (Å²) >= 11 is 0. The molecule has 1 atom stereocenters. The first-order chi connectivity index (χ1) is 7.65. The minimum absolute atomic E-state index is 0.227. The standard InChI is InChI=1S/C14H22O2/c1-4-16-14-8-6-5-7-12(14)9-10-13(15)11(2)3/h5-8,11,13,15H,4,9-10H2,1-3H3. The van der Waals surface area contributed by atoms with Crippen molar-refractivity contribution in [1.82, 2.24) is 0 Å². The highest BCUT2D eigenvalue weighted by molar-refractivity contribution is 5.33. The third kappa shape index (κ3) is 3.86. The molecule has 0 bridgehead atoms. The van der Waals surface area contributed by atoms with Gasteiger partial charge in [0.15, 0.2) is 0 Å². The first kappa shape index (κ1) is 13.0. The van der Waals surface area contributed by atoms with E-state index in [-0.39, 0.29) is 6.10 Å². The van der Waals surface area contributed by atoms with E-state index >= 15 is 0 Å². The maximum absolute atomic E-state index is 9.77. The molecular formula is C14H22O2. The van der Waals surface area contributed by atoms with E-state index in [4.69, 9.17) is 4.74 Å². The van der Waals surface area contributed by atoms with E-state index in [0.717, 1.165) is 18.6 Å². The van der Waals surface area contributed by atoms with E-state index in [1.165, 1.54) is 5.56 Å². The Kier molecular flexibility index (Phi) is 5.33. The van der Waals surface area contributed by atoms with E-state index in [1.807, 2.05) is 39.0 Å². The Morgan fingerprint density at radius 3 is 2.56 bits per heavy atom. The largest absolute Gasteiger partial charge is 0.494 e. The molecular weight excluding hydrogens is 200 g/mol. The Balaban J connectivity index is 2.58. The van der Waals surface area contributed by atoms with E-state index in [2.05, 4.69) is 6.07 Å². The first-order valence-corrected chi connectivity index (χ1v) is 6.04. The van der Waals surface area contributed by atoms with Crippen LogP contribution >= 0.6 is 0 Å². The SMILES string of the molecule is CCOc1ccccc1CCC(O)C(C)C. The lowest BCUT2D eigenvalue weighted by molar-refractivity contribution is 0.116. The number of ether oxygens (including phenoxy) is 1. The molecule has 0 radical (unpaired) electrons. The minimum atomic E-state index is -0.227. The van der Waals surface area contributed by atoms with Crippen molar-refractivity contribution in [2.24, 2.45) is 5.92 Å². The van der Waals surface area contributed by atoms with Crippen LogP contribution in [0.3, 0.4) is 0 Å². The second-order valence-electron chi connectivity index (χ2n) is 4.39. The molecule has 1 N–H and O–H groups in total. The van der Waals surface area contributed by atoms with Crippen molar-refractivity contribution < 1.29 is 9.84 Å². The van der Waals surface area contributed by atoms with Crippen LogP contribution in [0, 0.1) is 5.92 Å². The van der Waals surface area contributed by atoms with Crippen LogP contribution in [0.4, 0.5) is 0 Å². The van der Waals surface area contributed by atoms with Crippen molar-refractivity contribution >= 4 is 0 Å². The third-order valence-electron chi connectivity index (χ3n) is 2.75. The van der Waals surface area contributed by atoms with Gasteiger partial charge in [-0.25, -0.2) is 0 Å². The highest BCUT2D eigenvalue weighted by atomic mass is 16.5. The number of hydrogen-bond acceptors (Lipinski definition) is 2. The van der Waals surface area contributed by atoms with Crippen molar-refractivity contribution in [2.45, 2.75) is 39.7 Å². The lowest BCUT2D eigenvalue weighted by atomic mass is 9.99. The molecule has 0 saturated heterocycles. The van der Waals surface area contributed by atoms with E-state index < -0.39 is 0 Å². The maximum Gasteiger partial charge on any atom is 0.122 e. The summed E-state index contributed by atoms with van der Waals surface area (Å²) in [5.74, 6) is 1.26. The van der Waals surface area contributed by atoms with Gasteiger partial charge in [-0.1, -0.05) is 32.0 Å². The molecule has 1 aromatic rings. The Morgan fingerprint density at radius 1 is 1.25 bits per heavy atom. The topological polar surface area (TPSA) is 29.5 Å². The molecule has 90 valence electrons. The van der Waals surface area contributed by atoms with Gasteiger partial charge in [0.25, 0.3) is 0 Å². The van der Waals surface area contributed by atoms with Gasteiger partial charge in [-0.3, -0.25) is 0 Å². The van der Waals surface area contributed by atoms with Crippen molar-refractivity contribution in [1.29, 1.82) is 0 Å². The molecule has 1 unspecified atom stereocenters. The van der Waals surface area contributed by atoms with Gasteiger partial charge >= 0.3 is 0 Å². The number of aryl methyl sites for hydroxylation is 1. The van der Waals surface area contributed by atoms with Gasteiger partial charge in [0.2, 0.25) is 0 Å². The molecule has 0 fully saturated rings. The quantitative estimate of drug-likeness (QED) is 0.801. The Bertz CT molecular complexity index is 307. The van der Waals surface area contributed by atoms with Crippen molar-refractivity contribution in [2.75, 3.05) is 6.61 Å². The van der Waals surface area contributed by atoms with Crippen molar-refractivity contribution in [3.8, 4) is 5.75 Å². The fourth-order valence-electron chi connectivity index (χ4n) is 1.64. The zero-order chi connectivity index (χ0) is 12.0. The second-order valence-corrected chi connectivity index (χ2v) is 4.39. The van der Waals surface area contributed by atoms with Crippen LogP contribution in [-0.4, -0.2) is 17.8 Å². The molecule has 0 spiro atoms. The molecule has 16 heavy (non-hydrogen) atoms. The van der Waals surface area contributed by atoms with Gasteiger partial charge in [0.1, 0.15) is 5.75 Å². The van der Waals surface area contributed by atoms with Crippen LogP contribution in [0.25, 0.3) is 0 Å². The van der Waals surface area contributed by atoms with E-state index in [1.54, 1.807) is 0 Å². The van der Waals surface area contributed by atoms with Gasteiger partial charge in [-0.2, -0.15) is 0 Å². The minimum Gasteiger partial charge on any atom is -0.494 e. The predicted molar refractivity (Wildman–Crippen MR) is 66.8 cm³/mol. The van der Waals surface area contributed by atoms with Crippen LogP contribution in [0.2, 0.25) is 0 Å². The number of rotatable bonds is 6. The number of aliphatic hydroxyl groups excluding tert-OH is 1. The highest BCUT2D eigenvalue weighted by Gasteiger charge is 2.10. The summed E-state index contributed by atoms with van der Waals surface area (Å²) in [7, 11) is 0. The number of aliphatic hydroxyl groups is 1. The molecule has 0 aromatic heterocycles. The summed E-state index contributed by atoms with van der Waals surface area (Å²) in [6.45, 7) is 6.75. The van der Waals surface area contributed by atoms with Gasteiger partial charge in [-0.05, 0) is 37.3 Å². The summed E-state index contributed by atoms with van der Waals surface area (Å²) in [5.41, 5.74) is 1.18. The molecule has 0 saturated carbocycles. The Morgan fingerprint density at radius 2 is 1.94 bits per heavy atom. The fraction of sp³-hybridized carbons (Fsp3) is 0.571. The molecule has 2 nitrogen and oxygen atoms in total. The maximum atomic E-state index is 9.77. The number of para-hydroxylation sites is 1. The molecule has 0 amide bonds. The second kappa shape index (κ2) is 6.54. The average molecular weight is 222 g/mol. The zero-order valence-corrected chi connectivity index (χ0v) is 10.4. The molecule has 0 heterocycles. The number of hydrogen-bond donors (Lipinski definition) is 1. The lowest BCUT2D eigenvalue weighted by Gasteiger charge is -2.15. The van der Waals surface area contributed by atoms with Crippen molar-refractivity contribution in [3.63, 3.8) is 0 Å². The Labute approximate surface area is 98.3 Å². The summed E-state index contributed by atoms with van der Waals surface area (Å²) in [5, 5.41) is 9.77. The summed E-state index contributed by atoms with van der Waals surface area (Å²) in [4.78, 5) is 0. The van der Waals surface area contributed by atoms with Gasteiger partial charge in [0.05, 0.1) is 12.7 Å². The highest BCUT2D eigenvalue weighted by Crippen LogP contribution is 2.21. The normalized spacial score (nSPS) is 12.8. The van der Waals surface area contributed by atoms with Crippen LogP contribution in [0.5, 0.6) is 5.75 Å². The van der Waals surface area contributed by atoms with Crippen LogP contribution in [-0.2, 0) is 6.42 Å². The Hall–Kier alpha value is -1.02. The smallest absolute Gasteiger partial charge is 0.122 e. The molecule has 1 rings (SSSR count). The van der Waals surface area contributed by atoms with Gasteiger partial charge in [-0.15, -0.1) is 0 Å². The number of benzene rings is 1. The summed E-state index contributed by atoms with van der Waals surface area (Å²) < 4.78 is 5.55. The van der Waals surface area contributed by atoms with Crippen LogP contribution in [0.15, 0.2) is 24.3 Å². The van der Waals surface area contributed by atoms with Gasteiger partial charge in [0, 0.05) is 0 Å². The van der Waals surface area contributed by atoms with Crippen LogP contribution in [0.1, 0.15) is 32.8 Å². The molecule has 0 aliphatic rings. The molecule has 2 heteroatoms. The monoisotopic (exact) mass is 222 g/mol. The summed E-state index contributed by atoms with van der Waals surface area (Å²) in [6.07, 6.45) is 1.44. The lowest BCUT2D eigenvalue weighted by Crippen LogP contribution is -2.15. The van der Waals surface area contributed by atoms with Crippen molar-refractivity contribution in [3.05, 3.63) is 29.8 Å². The molecule has 0 aliphatic heterocycles. The predicted octanol–water partition coefficient (Wildman–Crippen LogP) is 3.03. The molecule has 0 aliphatic carbocycles. The van der Waals surface area contributed by atoms with E-state index in [0.29, 0.717) is 12.5 Å². The zero-order valence-electron chi connectivity index (χ0n) is 10.4. The first-order valence-electron chi connectivity index (χ1n) is 6.04. The molecule has 1 aromatic carbocycles. The van der Waals surface area contributed by atoms with E-state index in [9.17, 15) is 5.11 Å². The van der Waals surface area contributed by atoms with Crippen LogP contribution < -0.4 is 4.74 Å².